The first-order chi connectivity index (χ1) is 7.33. The Morgan fingerprint density at radius 1 is 1.38 bits per heavy atom. The number of alkyl halides is 4. The first-order valence-electron chi connectivity index (χ1n) is 4.38. The van der Waals surface area contributed by atoms with Crippen molar-refractivity contribution in [3.63, 3.8) is 0 Å². The number of rotatable bonds is 3. The third-order valence-electron chi connectivity index (χ3n) is 1.96. The van der Waals surface area contributed by atoms with Crippen LogP contribution < -0.4 is 4.74 Å². The predicted octanol–water partition coefficient (Wildman–Crippen LogP) is 4.58. The largest absolute Gasteiger partial charge is 0.497 e. The summed E-state index contributed by atoms with van der Waals surface area (Å²) in [4.78, 5) is 0. The molecule has 0 saturated carbocycles. The van der Waals surface area contributed by atoms with E-state index in [9.17, 15) is 13.2 Å². The van der Waals surface area contributed by atoms with E-state index in [4.69, 9.17) is 27.9 Å². The fraction of sp³-hybridized carbons (Fsp3) is 0.400. The standard InChI is InChI=1S/C10H9Cl2F3O/c1-16-6-2-3-7(8(11)4-6)9(12)5-10(13,14)15/h2-4,9H,5H2,1H3. The van der Waals surface area contributed by atoms with Crippen LogP contribution >= 0.6 is 23.2 Å². The maximum atomic E-state index is 12.1. The minimum absolute atomic E-state index is 0.170. The predicted molar refractivity (Wildman–Crippen MR) is 57.3 cm³/mol. The molecule has 1 aromatic rings. The van der Waals surface area contributed by atoms with E-state index in [1.54, 1.807) is 0 Å². The molecule has 1 unspecified atom stereocenters. The first kappa shape index (κ1) is 13.5. The second kappa shape index (κ2) is 5.15. The van der Waals surface area contributed by atoms with Crippen LogP contribution in [-0.2, 0) is 0 Å². The van der Waals surface area contributed by atoms with Gasteiger partial charge in [-0.15, -0.1) is 11.6 Å². The SMILES string of the molecule is COc1ccc(C(Cl)CC(F)(F)F)c(Cl)c1. The Hall–Kier alpha value is -0.610. The summed E-state index contributed by atoms with van der Waals surface area (Å²) in [6, 6.07) is 4.39. The van der Waals surface area contributed by atoms with Crippen LogP contribution in [0.4, 0.5) is 13.2 Å². The highest BCUT2D eigenvalue weighted by atomic mass is 35.5. The summed E-state index contributed by atoms with van der Waals surface area (Å²) in [5.41, 5.74) is 0.251. The van der Waals surface area contributed by atoms with Crippen molar-refractivity contribution >= 4 is 23.2 Å². The lowest BCUT2D eigenvalue weighted by Crippen LogP contribution is -2.10. The van der Waals surface area contributed by atoms with Gasteiger partial charge in [0.25, 0.3) is 0 Å². The van der Waals surface area contributed by atoms with Crippen molar-refractivity contribution in [2.45, 2.75) is 18.0 Å². The van der Waals surface area contributed by atoms with Crippen LogP contribution in [0.3, 0.4) is 0 Å². The fourth-order valence-corrected chi connectivity index (χ4v) is 1.93. The molecule has 1 aromatic carbocycles. The normalized spacial score (nSPS) is 13.6. The number of methoxy groups -OCH3 is 1. The van der Waals surface area contributed by atoms with E-state index in [1.807, 2.05) is 0 Å². The van der Waals surface area contributed by atoms with Crippen LogP contribution in [-0.4, -0.2) is 13.3 Å². The van der Waals surface area contributed by atoms with Crippen molar-refractivity contribution in [3.8, 4) is 5.75 Å². The molecular weight excluding hydrogens is 264 g/mol. The highest BCUT2D eigenvalue weighted by molar-refractivity contribution is 6.32. The Morgan fingerprint density at radius 2 is 2.00 bits per heavy atom. The van der Waals surface area contributed by atoms with Crippen molar-refractivity contribution < 1.29 is 17.9 Å². The van der Waals surface area contributed by atoms with Gasteiger partial charge in [-0.3, -0.25) is 0 Å². The zero-order chi connectivity index (χ0) is 12.3. The Kier molecular flexibility index (Phi) is 4.33. The number of halogens is 5. The molecule has 16 heavy (non-hydrogen) atoms. The Labute approximate surface area is 101 Å². The quantitative estimate of drug-likeness (QED) is 0.732. The number of hydrogen-bond donors (Lipinski definition) is 0. The van der Waals surface area contributed by atoms with Crippen molar-refractivity contribution in [2.75, 3.05) is 7.11 Å². The zero-order valence-corrected chi connectivity index (χ0v) is 9.83. The van der Waals surface area contributed by atoms with Gasteiger partial charge in [0.1, 0.15) is 5.75 Å². The van der Waals surface area contributed by atoms with Gasteiger partial charge in [-0.2, -0.15) is 13.2 Å². The van der Waals surface area contributed by atoms with E-state index in [0.717, 1.165) is 0 Å². The van der Waals surface area contributed by atoms with Gasteiger partial charge in [-0.1, -0.05) is 17.7 Å². The average molecular weight is 273 g/mol. The number of hydrogen-bond acceptors (Lipinski definition) is 1. The summed E-state index contributed by atoms with van der Waals surface area (Å²) >= 11 is 11.4. The Balaban J connectivity index is 2.88. The maximum Gasteiger partial charge on any atom is 0.390 e. The molecule has 0 spiro atoms. The molecule has 1 nitrogen and oxygen atoms in total. The second-order valence-electron chi connectivity index (χ2n) is 3.17. The van der Waals surface area contributed by atoms with E-state index in [1.165, 1.54) is 25.3 Å². The molecule has 6 heteroatoms. The van der Waals surface area contributed by atoms with Crippen LogP contribution in [0.5, 0.6) is 5.75 Å². The van der Waals surface area contributed by atoms with E-state index >= 15 is 0 Å². The first-order valence-corrected chi connectivity index (χ1v) is 5.19. The molecule has 1 rings (SSSR count). The number of ether oxygens (including phenoxy) is 1. The lowest BCUT2D eigenvalue weighted by molar-refractivity contribution is -0.134. The molecule has 1 atom stereocenters. The van der Waals surface area contributed by atoms with Crippen LogP contribution in [0.25, 0.3) is 0 Å². The van der Waals surface area contributed by atoms with E-state index in [-0.39, 0.29) is 10.6 Å². The van der Waals surface area contributed by atoms with E-state index in [0.29, 0.717) is 5.75 Å². The minimum Gasteiger partial charge on any atom is -0.497 e. The van der Waals surface area contributed by atoms with Gasteiger partial charge in [0, 0.05) is 5.02 Å². The van der Waals surface area contributed by atoms with Crippen LogP contribution in [0.15, 0.2) is 18.2 Å². The molecule has 0 radical (unpaired) electrons. The highest BCUT2D eigenvalue weighted by Gasteiger charge is 2.32. The highest BCUT2D eigenvalue weighted by Crippen LogP contribution is 2.38. The van der Waals surface area contributed by atoms with Crippen molar-refractivity contribution in [1.29, 1.82) is 0 Å². The van der Waals surface area contributed by atoms with Crippen LogP contribution in [0, 0.1) is 0 Å². The topological polar surface area (TPSA) is 9.23 Å². The second-order valence-corrected chi connectivity index (χ2v) is 4.11. The average Bonchev–Trinajstić information content (AvgIpc) is 2.14. The molecule has 0 bridgehead atoms. The summed E-state index contributed by atoms with van der Waals surface area (Å²) in [5, 5.41) is -1.01. The fourth-order valence-electron chi connectivity index (χ4n) is 1.20. The molecule has 0 N–H and O–H groups in total. The zero-order valence-electron chi connectivity index (χ0n) is 8.31. The Bertz CT molecular complexity index is 366. The van der Waals surface area contributed by atoms with E-state index < -0.39 is 18.0 Å². The van der Waals surface area contributed by atoms with E-state index in [2.05, 4.69) is 0 Å². The van der Waals surface area contributed by atoms with Crippen LogP contribution in [0.1, 0.15) is 17.4 Å². The maximum absolute atomic E-state index is 12.1. The molecule has 0 saturated heterocycles. The monoisotopic (exact) mass is 272 g/mol. The third-order valence-corrected chi connectivity index (χ3v) is 2.67. The molecule has 0 aliphatic rings. The summed E-state index contributed by atoms with van der Waals surface area (Å²) in [6.45, 7) is 0. The van der Waals surface area contributed by atoms with Gasteiger partial charge in [0.15, 0.2) is 0 Å². The van der Waals surface area contributed by atoms with Crippen molar-refractivity contribution in [3.05, 3.63) is 28.8 Å². The summed E-state index contributed by atoms with van der Waals surface area (Å²) in [5.74, 6) is 0.477. The lowest BCUT2D eigenvalue weighted by atomic mass is 10.1. The van der Waals surface area contributed by atoms with Gasteiger partial charge in [-0.25, -0.2) is 0 Å². The van der Waals surface area contributed by atoms with Gasteiger partial charge in [-0.05, 0) is 17.7 Å². The van der Waals surface area contributed by atoms with Gasteiger partial charge in [0.05, 0.1) is 18.9 Å². The molecule has 0 amide bonds. The lowest BCUT2D eigenvalue weighted by Gasteiger charge is -2.14. The molecule has 0 aromatic heterocycles. The van der Waals surface area contributed by atoms with Crippen molar-refractivity contribution in [1.82, 2.24) is 0 Å². The van der Waals surface area contributed by atoms with Gasteiger partial charge >= 0.3 is 6.18 Å². The van der Waals surface area contributed by atoms with Gasteiger partial charge in [0.2, 0.25) is 0 Å². The Morgan fingerprint density at radius 3 is 2.44 bits per heavy atom. The smallest absolute Gasteiger partial charge is 0.390 e. The molecule has 0 fully saturated rings. The number of benzene rings is 1. The third kappa shape index (κ3) is 3.76. The molecule has 0 aliphatic carbocycles. The molecule has 0 aliphatic heterocycles. The van der Waals surface area contributed by atoms with Crippen molar-refractivity contribution in [2.24, 2.45) is 0 Å². The molecule has 0 heterocycles. The summed E-state index contributed by atoms with van der Waals surface area (Å²) < 4.78 is 41.2. The molecule has 90 valence electrons. The summed E-state index contributed by atoms with van der Waals surface area (Å²) in [7, 11) is 1.44. The summed E-state index contributed by atoms with van der Waals surface area (Å²) in [6.07, 6.45) is -5.42. The van der Waals surface area contributed by atoms with Gasteiger partial charge < -0.3 is 4.74 Å². The minimum atomic E-state index is -4.31. The van der Waals surface area contributed by atoms with Crippen LogP contribution in [0.2, 0.25) is 5.02 Å². The molecular formula is C10H9Cl2F3O.